The van der Waals surface area contributed by atoms with Crippen molar-refractivity contribution in [1.82, 2.24) is 4.98 Å². The average Bonchev–Trinajstić information content (AvgIpc) is 3.15. The Bertz CT molecular complexity index is 622. The number of hydrogen-bond acceptors (Lipinski definition) is 2. The number of halogens is 1. The number of carboxylic acids is 1. The largest absolute Gasteiger partial charge is 0.481 e. The SMILES string of the molecule is O=C(O)C(c1ccnc2c(Cl)cccc12)C1CC1. The maximum absolute atomic E-state index is 11.5. The zero-order valence-corrected chi connectivity index (χ0v) is 10.4. The number of carbonyl (C=O) groups is 1. The van der Waals surface area contributed by atoms with Gasteiger partial charge in [-0.25, -0.2) is 0 Å². The predicted molar refractivity (Wildman–Crippen MR) is 69.9 cm³/mol. The zero-order chi connectivity index (χ0) is 12.7. The minimum atomic E-state index is -0.759. The minimum Gasteiger partial charge on any atom is -0.481 e. The van der Waals surface area contributed by atoms with Gasteiger partial charge in [0.15, 0.2) is 0 Å². The molecule has 18 heavy (non-hydrogen) atoms. The van der Waals surface area contributed by atoms with Gasteiger partial charge in [-0.15, -0.1) is 0 Å². The number of para-hydroxylation sites is 1. The van der Waals surface area contributed by atoms with Gasteiger partial charge in [0.1, 0.15) is 0 Å². The summed E-state index contributed by atoms with van der Waals surface area (Å²) in [5, 5.41) is 10.8. The quantitative estimate of drug-likeness (QED) is 0.920. The molecule has 1 aromatic carbocycles. The van der Waals surface area contributed by atoms with Crippen molar-refractivity contribution >= 4 is 28.5 Å². The van der Waals surface area contributed by atoms with Gasteiger partial charge in [-0.3, -0.25) is 9.78 Å². The summed E-state index contributed by atoms with van der Waals surface area (Å²) in [6, 6.07) is 7.30. The van der Waals surface area contributed by atoms with Gasteiger partial charge in [0.05, 0.1) is 16.5 Å². The van der Waals surface area contributed by atoms with Gasteiger partial charge in [-0.2, -0.15) is 0 Å². The van der Waals surface area contributed by atoms with E-state index in [9.17, 15) is 9.90 Å². The number of hydrogen-bond donors (Lipinski definition) is 1. The third kappa shape index (κ3) is 1.85. The van der Waals surface area contributed by atoms with Crippen LogP contribution in [0.4, 0.5) is 0 Å². The lowest BCUT2D eigenvalue weighted by Gasteiger charge is -2.14. The van der Waals surface area contributed by atoms with E-state index in [1.165, 1.54) is 0 Å². The number of fused-ring (bicyclic) bond motifs is 1. The summed E-state index contributed by atoms with van der Waals surface area (Å²) >= 11 is 6.10. The van der Waals surface area contributed by atoms with E-state index >= 15 is 0 Å². The van der Waals surface area contributed by atoms with Crippen LogP contribution in [0, 0.1) is 5.92 Å². The van der Waals surface area contributed by atoms with E-state index in [4.69, 9.17) is 11.6 Å². The Morgan fingerprint density at radius 2 is 2.17 bits per heavy atom. The topological polar surface area (TPSA) is 50.2 Å². The van der Waals surface area contributed by atoms with Crippen LogP contribution < -0.4 is 0 Å². The van der Waals surface area contributed by atoms with Crippen molar-refractivity contribution in [2.75, 3.05) is 0 Å². The van der Waals surface area contributed by atoms with E-state index < -0.39 is 11.9 Å². The molecule has 0 spiro atoms. The molecule has 1 aromatic heterocycles. The van der Waals surface area contributed by atoms with E-state index in [1.807, 2.05) is 12.1 Å². The minimum absolute atomic E-state index is 0.257. The molecule has 1 aliphatic carbocycles. The normalized spacial score (nSPS) is 16.7. The van der Waals surface area contributed by atoms with Crippen LogP contribution in [0.2, 0.25) is 5.02 Å². The smallest absolute Gasteiger partial charge is 0.311 e. The Labute approximate surface area is 109 Å². The summed E-state index contributed by atoms with van der Waals surface area (Å²) in [6.45, 7) is 0. The number of aromatic nitrogens is 1. The lowest BCUT2D eigenvalue weighted by molar-refractivity contribution is -0.139. The Balaban J connectivity index is 2.22. The molecule has 1 atom stereocenters. The van der Waals surface area contributed by atoms with Crippen molar-refractivity contribution in [3.05, 3.63) is 41.0 Å². The highest BCUT2D eigenvalue weighted by atomic mass is 35.5. The van der Waals surface area contributed by atoms with Gasteiger partial charge >= 0.3 is 5.97 Å². The fourth-order valence-corrected chi connectivity index (χ4v) is 2.67. The van der Waals surface area contributed by atoms with Crippen LogP contribution in [0.5, 0.6) is 0 Å². The molecule has 0 bridgehead atoms. The monoisotopic (exact) mass is 261 g/mol. The van der Waals surface area contributed by atoms with Gasteiger partial charge < -0.3 is 5.11 Å². The molecule has 1 N–H and O–H groups in total. The summed E-state index contributed by atoms with van der Waals surface area (Å²) < 4.78 is 0. The van der Waals surface area contributed by atoms with Gasteiger partial charge in [0.2, 0.25) is 0 Å². The molecule has 1 heterocycles. The molecule has 0 radical (unpaired) electrons. The highest BCUT2D eigenvalue weighted by molar-refractivity contribution is 6.35. The summed E-state index contributed by atoms with van der Waals surface area (Å²) in [5.41, 5.74) is 1.51. The average molecular weight is 262 g/mol. The molecule has 0 amide bonds. The van der Waals surface area contributed by atoms with E-state index in [1.54, 1.807) is 18.3 Å². The first-order valence-corrected chi connectivity index (χ1v) is 6.32. The molecule has 1 fully saturated rings. The van der Waals surface area contributed by atoms with Crippen LogP contribution in [0.1, 0.15) is 24.3 Å². The van der Waals surface area contributed by atoms with Gasteiger partial charge in [-0.1, -0.05) is 23.7 Å². The van der Waals surface area contributed by atoms with Crippen LogP contribution in [0.15, 0.2) is 30.5 Å². The number of nitrogens with zero attached hydrogens (tertiary/aromatic N) is 1. The van der Waals surface area contributed by atoms with Crippen LogP contribution >= 0.6 is 11.6 Å². The van der Waals surface area contributed by atoms with Crippen molar-refractivity contribution in [2.45, 2.75) is 18.8 Å². The Hall–Kier alpha value is -1.61. The molecule has 1 unspecified atom stereocenters. The maximum atomic E-state index is 11.5. The maximum Gasteiger partial charge on any atom is 0.311 e. The number of rotatable bonds is 3. The van der Waals surface area contributed by atoms with Crippen LogP contribution in [-0.2, 0) is 4.79 Å². The standard InChI is InChI=1S/C14H12ClNO2/c15-11-3-1-2-10-9(6-7-16-13(10)11)12(14(17)18)8-4-5-8/h1-3,6-8,12H,4-5H2,(H,17,18). The number of aliphatic carboxylic acids is 1. The fourth-order valence-electron chi connectivity index (χ4n) is 2.45. The lowest BCUT2D eigenvalue weighted by Crippen LogP contribution is -2.14. The molecule has 3 rings (SSSR count). The summed E-state index contributed by atoms with van der Waals surface area (Å²) in [6.07, 6.45) is 3.62. The Morgan fingerprint density at radius 3 is 2.83 bits per heavy atom. The predicted octanol–water partition coefficient (Wildman–Crippen LogP) is 3.47. The number of carboxylic acid groups (broad SMARTS) is 1. The molecular weight excluding hydrogens is 250 g/mol. The fraction of sp³-hybridized carbons (Fsp3) is 0.286. The van der Waals surface area contributed by atoms with E-state index in [0.717, 1.165) is 23.8 Å². The first-order valence-electron chi connectivity index (χ1n) is 5.94. The van der Waals surface area contributed by atoms with E-state index in [2.05, 4.69) is 4.98 Å². The van der Waals surface area contributed by atoms with Crippen molar-refractivity contribution < 1.29 is 9.90 Å². The van der Waals surface area contributed by atoms with Crippen molar-refractivity contribution in [3.8, 4) is 0 Å². The number of pyridine rings is 1. The molecular formula is C14H12ClNO2. The summed E-state index contributed by atoms with van der Waals surface area (Å²) in [4.78, 5) is 15.7. The van der Waals surface area contributed by atoms with E-state index in [-0.39, 0.29) is 5.92 Å². The summed E-state index contributed by atoms with van der Waals surface area (Å²) in [7, 11) is 0. The third-order valence-corrected chi connectivity index (χ3v) is 3.76. The highest BCUT2D eigenvalue weighted by Gasteiger charge is 2.38. The second-order valence-corrected chi connectivity index (χ2v) is 5.10. The van der Waals surface area contributed by atoms with Gasteiger partial charge in [0.25, 0.3) is 0 Å². The molecule has 1 saturated carbocycles. The molecule has 3 nitrogen and oxygen atoms in total. The van der Waals surface area contributed by atoms with Crippen molar-refractivity contribution in [1.29, 1.82) is 0 Å². The van der Waals surface area contributed by atoms with Crippen LogP contribution in [0.3, 0.4) is 0 Å². The van der Waals surface area contributed by atoms with Crippen LogP contribution in [-0.4, -0.2) is 16.1 Å². The molecule has 2 aromatic rings. The third-order valence-electron chi connectivity index (χ3n) is 3.45. The Kier molecular flexibility index (Phi) is 2.71. The zero-order valence-electron chi connectivity index (χ0n) is 9.64. The first-order chi connectivity index (χ1) is 8.68. The second kappa shape index (κ2) is 4.25. The molecule has 0 aliphatic heterocycles. The van der Waals surface area contributed by atoms with Gasteiger partial charge in [-0.05, 0) is 36.5 Å². The number of benzene rings is 1. The molecule has 4 heteroatoms. The molecule has 92 valence electrons. The molecule has 1 aliphatic rings. The second-order valence-electron chi connectivity index (χ2n) is 4.69. The summed E-state index contributed by atoms with van der Waals surface area (Å²) in [5.74, 6) is -0.939. The van der Waals surface area contributed by atoms with Crippen molar-refractivity contribution in [3.63, 3.8) is 0 Å². The lowest BCUT2D eigenvalue weighted by atomic mass is 9.91. The highest BCUT2D eigenvalue weighted by Crippen LogP contribution is 2.44. The Morgan fingerprint density at radius 1 is 1.39 bits per heavy atom. The van der Waals surface area contributed by atoms with E-state index in [0.29, 0.717) is 10.5 Å². The first kappa shape index (κ1) is 11.5. The van der Waals surface area contributed by atoms with Gasteiger partial charge in [0, 0.05) is 11.6 Å². The molecule has 0 saturated heterocycles. The van der Waals surface area contributed by atoms with Crippen LogP contribution in [0.25, 0.3) is 10.9 Å². The van der Waals surface area contributed by atoms with Crippen molar-refractivity contribution in [2.24, 2.45) is 5.92 Å².